The highest BCUT2D eigenvalue weighted by Gasteiger charge is 2.49. The molecule has 3 aliphatic heterocycles. The van der Waals surface area contributed by atoms with Crippen LogP contribution in [0.5, 0.6) is 0 Å². The Hall–Kier alpha value is -1.70. The third-order valence-corrected chi connectivity index (χ3v) is 9.16. The van der Waals surface area contributed by atoms with Crippen LogP contribution in [0, 0.1) is 0 Å². The molecular weight excluding hydrogens is 420 g/mol. The molecule has 5 aliphatic rings. The molecule has 2 aliphatic carbocycles. The predicted molar refractivity (Wildman–Crippen MR) is 118 cm³/mol. The Balaban J connectivity index is 1.26. The number of aliphatic hydroxyl groups is 1. The number of hydrogen-bond donors (Lipinski definition) is 1. The zero-order valence-corrected chi connectivity index (χ0v) is 18.3. The molecule has 1 aromatic heterocycles. The lowest BCUT2D eigenvalue weighted by molar-refractivity contribution is 0.119. The second kappa shape index (κ2) is 6.90. The SMILES string of the molecule is O=[S@@]1CN(C2(CO)CCC2)c2nc(N3C4CC(c5ccc(Cl)cc5)CC3C4)ncc21. The summed E-state index contributed by atoms with van der Waals surface area (Å²) in [6.45, 7) is 0.0840. The quantitative estimate of drug-likeness (QED) is 0.778. The molecule has 4 heterocycles. The monoisotopic (exact) mass is 444 g/mol. The van der Waals surface area contributed by atoms with E-state index in [1.807, 2.05) is 12.1 Å². The number of benzene rings is 1. The average Bonchev–Trinajstić information content (AvgIpc) is 3.04. The Morgan fingerprint density at radius 3 is 2.53 bits per heavy atom. The minimum Gasteiger partial charge on any atom is -0.394 e. The summed E-state index contributed by atoms with van der Waals surface area (Å²) in [6, 6.07) is 9.13. The lowest BCUT2D eigenvalue weighted by Gasteiger charge is -2.55. The minimum absolute atomic E-state index is 0.0840. The summed E-state index contributed by atoms with van der Waals surface area (Å²) in [6.07, 6.45) is 8.07. The molecular formula is C22H25ClN4O2S. The van der Waals surface area contributed by atoms with Gasteiger partial charge in [-0.15, -0.1) is 0 Å². The number of aliphatic hydroxyl groups excluding tert-OH is 1. The van der Waals surface area contributed by atoms with Crippen molar-refractivity contribution in [2.24, 2.45) is 0 Å². The van der Waals surface area contributed by atoms with E-state index in [4.69, 9.17) is 16.6 Å². The Labute approximate surface area is 183 Å². The van der Waals surface area contributed by atoms with E-state index in [0.717, 1.165) is 48.9 Å². The molecule has 0 spiro atoms. The van der Waals surface area contributed by atoms with Crippen molar-refractivity contribution in [3.8, 4) is 0 Å². The van der Waals surface area contributed by atoms with Gasteiger partial charge >= 0.3 is 0 Å². The van der Waals surface area contributed by atoms with Crippen molar-refractivity contribution in [1.82, 2.24) is 9.97 Å². The van der Waals surface area contributed by atoms with Crippen molar-refractivity contribution in [1.29, 1.82) is 0 Å². The number of hydrogen-bond acceptors (Lipinski definition) is 6. The first-order chi connectivity index (χ1) is 14.6. The van der Waals surface area contributed by atoms with Crippen LogP contribution in [-0.4, -0.2) is 49.4 Å². The summed E-state index contributed by atoms with van der Waals surface area (Å²) in [5.41, 5.74) is 1.07. The van der Waals surface area contributed by atoms with Gasteiger partial charge in [-0.1, -0.05) is 23.7 Å². The molecule has 4 fully saturated rings. The van der Waals surface area contributed by atoms with Crippen LogP contribution >= 0.6 is 11.6 Å². The van der Waals surface area contributed by atoms with Crippen LogP contribution < -0.4 is 9.80 Å². The summed E-state index contributed by atoms with van der Waals surface area (Å²) >= 11 is 6.05. The number of halogens is 1. The van der Waals surface area contributed by atoms with Crippen molar-refractivity contribution in [2.45, 2.75) is 67.0 Å². The highest BCUT2D eigenvalue weighted by atomic mass is 35.5. The van der Waals surface area contributed by atoms with Gasteiger partial charge in [-0.2, -0.15) is 4.98 Å². The Morgan fingerprint density at radius 1 is 1.17 bits per heavy atom. The van der Waals surface area contributed by atoms with Gasteiger partial charge in [0.05, 0.1) is 29.1 Å². The van der Waals surface area contributed by atoms with Gasteiger partial charge in [0.25, 0.3) is 0 Å². The number of piperidine rings is 1. The van der Waals surface area contributed by atoms with Crippen LogP contribution in [0.2, 0.25) is 5.02 Å². The number of anilines is 2. The first-order valence-corrected chi connectivity index (χ1v) is 12.5. The smallest absolute Gasteiger partial charge is 0.227 e. The van der Waals surface area contributed by atoms with Gasteiger partial charge in [-0.05, 0) is 62.1 Å². The molecule has 2 unspecified atom stereocenters. The minimum atomic E-state index is -1.13. The molecule has 1 aromatic carbocycles. The number of fused-ring (bicyclic) bond motifs is 3. The molecule has 6 nitrogen and oxygen atoms in total. The second-order valence-corrected chi connectivity index (χ2v) is 11.0. The maximum Gasteiger partial charge on any atom is 0.227 e. The zero-order valence-electron chi connectivity index (χ0n) is 16.7. The molecule has 8 heteroatoms. The highest BCUT2D eigenvalue weighted by molar-refractivity contribution is 7.85. The van der Waals surface area contributed by atoms with Crippen molar-refractivity contribution in [3.63, 3.8) is 0 Å². The Kier molecular flexibility index (Phi) is 4.38. The summed E-state index contributed by atoms with van der Waals surface area (Å²) in [5.74, 6) is 2.49. The third kappa shape index (κ3) is 2.75. The highest BCUT2D eigenvalue weighted by Crippen LogP contribution is 2.49. The summed E-state index contributed by atoms with van der Waals surface area (Å²) in [5, 5.41) is 10.8. The molecule has 158 valence electrons. The molecule has 1 N–H and O–H groups in total. The molecule has 0 radical (unpaired) electrons. The van der Waals surface area contributed by atoms with E-state index < -0.39 is 10.8 Å². The van der Waals surface area contributed by atoms with Crippen molar-refractivity contribution in [2.75, 3.05) is 22.3 Å². The van der Waals surface area contributed by atoms with Gasteiger partial charge in [0, 0.05) is 17.1 Å². The number of nitrogens with zero attached hydrogens (tertiary/aromatic N) is 4. The van der Waals surface area contributed by atoms with E-state index in [0.29, 0.717) is 28.8 Å². The van der Waals surface area contributed by atoms with Crippen molar-refractivity contribution < 1.29 is 9.32 Å². The van der Waals surface area contributed by atoms with Gasteiger partial charge < -0.3 is 14.9 Å². The third-order valence-electron chi connectivity index (χ3n) is 7.64. The lowest BCUT2D eigenvalue weighted by atomic mass is 9.71. The topological polar surface area (TPSA) is 69.6 Å². The second-order valence-electron chi connectivity index (χ2n) is 9.17. The van der Waals surface area contributed by atoms with E-state index in [-0.39, 0.29) is 12.1 Å². The molecule has 2 bridgehead atoms. The van der Waals surface area contributed by atoms with Crippen LogP contribution in [0.4, 0.5) is 11.8 Å². The summed E-state index contributed by atoms with van der Waals surface area (Å²) in [7, 11) is -1.13. The van der Waals surface area contributed by atoms with E-state index in [9.17, 15) is 9.32 Å². The van der Waals surface area contributed by atoms with Crippen molar-refractivity contribution >= 4 is 34.2 Å². The molecule has 2 aromatic rings. The maximum absolute atomic E-state index is 12.6. The molecule has 7 rings (SSSR count). The normalized spacial score (nSPS) is 31.1. The van der Waals surface area contributed by atoms with Crippen LogP contribution in [0.25, 0.3) is 0 Å². The van der Waals surface area contributed by atoms with E-state index in [2.05, 4.69) is 26.9 Å². The fourth-order valence-corrected chi connectivity index (χ4v) is 7.17. The van der Waals surface area contributed by atoms with Gasteiger partial charge in [0.15, 0.2) is 5.82 Å². The molecule has 2 saturated heterocycles. The molecule has 0 amide bonds. The Bertz CT molecular complexity index is 995. The number of aromatic nitrogens is 2. The lowest BCUT2D eigenvalue weighted by Crippen LogP contribution is -2.61. The van der Waals surface area contributed by atoms with Crippen LogP contribution in [0.15, 0.2) is 35.4 Å². The largest absolute Gasteiger partial charge is 0.394 e. The van der Waals surface area contributed by atoms with E-state index in [1.165, 1.54) is 12.0 Å². The first-order valence-electron chi connectivity index (χ1n) is 10.8. The van der Waals surface area contributed by atoms with Crippen LogP contribution in [0.3, 0.4) is 0 Å². The zero-order chi connectivity index (χ0) is 20.5. The first kappa shape index (κ1) is 19.0. The van der Waals surface area contributed by atoms with Gasteiger partial charge in [0.1, 0.15) is 10.8 Å². The number of rotatable bonds is 4. The summed E-state index contributed by atoms with van der Waals surface area (Å²) in [4.78, 5) is 14.7. The fourth-order valence-electron chi connectivity index (χ4n) is 5.75. The van der Waals surface area contributed by atoms with Gasteiger partial charge in [-0.3, -0.25) is 4.21 Å². The van der Waals surface area contributed by atoms with E-state index in [1.54, 1.807) is 6.20 Å². The standard InChI is InChI=1S/C22H25ClN4O2S/c23-16-4-2-14(3-5-16)15-8-17-10-18(9-15)27(17)21-24-11-19-20(25-21)26(13-30(19)29)22(12-28)6-1-7-22/h2-5,11,15,17-18,28H,1,6-10,12-13H2/t15?,17?,18?,30-/m1/s1. The average molecular weight is 445 g/mol. The van der Waals surface area contributed by atoms with Crippen molar-refractivity contribution in [3.05, 3.63) is 41.0 Å². The molecule has 3 atom stereocenters. The summed E-state index contributed by atoms with van der Waals surface area (Å²) < 4.78 is 12.6. The van der Waals surface area contributed by atoms with E-state index >= 15 is 0 Å². The van der Waals surface area contributed by atoms with Gasteiger partial charge in [0.2, 0.25) is 5.95 Å². The van der Waals surface area contributed by atoms with Crippen LogP contribution in [0.1, 0.15) is 50.0 Å². The molecule has 30 heavy (non-hydrogen) atoms. The maximum atomic E-state index is 12.6. The van der Waals surface area contributed by atoms with Crippen LogP contribution in [-0.2, 0) is 10.8 Å². The fraction of sp³-hybridized carbons (Fsp3) is 0.545. The molecule has 2 saturated carbocycles. The predicted octanol–water partition coefficient (Wildman–Crippen LogP) is 3.46. The van der Waals surface area contributed by atoms with Gasteiger partial charge in [-0.25, -0.2) is 4.98 Å². The Morgan fingerprint density at radius 2 is 1.90 bits per heavy atom.